The standard InChI is InChI=1S/C23H21N5O/c1-4-5-20(29)27-13-18(14-27)23-26-19(21-22(24)25-8-9-28(21)23)7-6-17-11-15(2)10-16(3)12-17/h8-12,18H,13-14H2,1-3H3,(H2,24,25). The molecule has 6 nitrogen and oxygen atoms in total. The number of carbonyl (C=O) groups is 1. The number of benzene rings is 1. The van der Waals surface area contributed by atoms with Crippen LogP contribution in [0.25, 0.3) is 5.52 Å². The maximum atomic E-state index is 11.9. The zero-order chi connectivity index (χ0) is 20.5. The molecule has 6 heteroatoms. The maximum absolute atomic E-state index is 11.9. The van der Waals surface area contributed by atoms with E-state index in [4.69, 9.17) is 10.7 Å². The summed E-state index contributed by atoms with van der Waals surface area (Å²) in [5, 5.41) is 0. The second kappa shape index (κ2) is 7.33. The van der Waals surface area contributed by atoms with Crippen molar-refractivity contribution in [3.63, 3.8) is 0 Å². The molecule has 3 heterocycles. The number of nitrogen functional groups attached to an aromatic ring is 1. The molecule has 0 saturated carbocycles. The van der Waals surface area contributed by atoms with Crippen molar-refractivity contribution in [1.29, 1.82) is 0 Å². The summed E-state index contributed by atoms with van der Waals surface area (Å²) in [5.41, 5.74) is 10.7. The van der Waals surface area contributed by atoms with Gasteiger partial charge in [0.05, 0.1) is 5.92 Å². The van der Waals surface area contributed by atoms with Crippen LogP contribution in [0.4, 0.5) is 5.82 Å². The summed E-state index contributed by atoms with van der Waals surface area (Å²) < 4.78 is 1.94. The largest absolute Gasteiger partial charge is 0.382 e. The number of carbonyl (C=O) groups excluding carboxylic acids is 1. The summed E-state index contributed by atoms with van der Waals surface area (Å²) >= 11 is 0. The lowest BCUT2D eigenvalue weighted by atomic mass is 9.99. The van der Waals surface area contributed by atoms with Crippen molar-refractivity contribution in [3.8, 4) is 23.7 Å². The number of anilines is 1. The molecule has 4 rings (SSSR count). The van der Waals surface area contributed by atoms with E-state index in [-0.39, 0.29) is 11.8 Å². The quantitative estimate of drug-likeness (QED) is 0.654. The van der Waals surface area contributed by atoms with Crippen LogP contribution < -0.4 is 5.73 Å². The third kappa shape index (κ3) is 3.53. The molecule has 1 aliphatic heterocycles. The van der Waals surface area contributed by atoms with Crippen molar-refractivity contribution in [2.45, 2.75) is 26.7 Å². The van der Waals surface area contributed by atoms with Crippen LogP contribution in [0.2, 0.25) is 0 Å². The van der Waals surface area contributed by atoms with E-state index in [9.17, 15) is 4.79 Å². The number of rotatable bonds is 1. The zero-order valence-electron chi connectivity index (χ0n) is 16.7. The van der Waals surface area contributed by atoms with E-state index in [0.29, 0.717) is 30.1 Å². The summed E-state index contributed by atoms with van der Waals surface area (Å²) in [6.07, 6.45) is 3.49. The molecule has 29 heavy (non-hydrogen) atoms. The molecule has 0 aliphatic carbocycles. The van der Waals surface area contributed by atoms with Gasteiger partial charge in [-0.1, -0.05) is 17.9 Å². The third-order valence-electron chi connectivity index (χ3n) is 4.92. The summed E-state index contributed by atoms with van der Waals surface area (Å²) in [6.45, 7) is 6.93. The highest BCUT2D eigenvalue weighted by molar-refractivity contribution is 5.94. The molecular weight excluding hydrogens is 362 g/mol. The number of aryl methyl sites for hydroxylation is 2. The Kier molecular flexibility index (Phi) is 4.70. The average Bonchev–Trinajstić information content (AvgIpc) is 2.98. The zero-order valence-corrected chi connectivity index (χ0v) is 16.7. The van der Waals surface area contributed by atoms with Crippen LogP contribution in [0, 0.1) is 37.5 Å². The Labute approximate surface area is 169 Å². The van der Waals surface area contributed by atoms with Crippen molar-refractivity contribution in [2.75, 3.05) is 18.8 Å². The van der Waals surface area contributed by atoms with Crippen molar-refractivity contribution in [2.24, 2.45) is 0 Å². The fourth-order valence-electron chi connectivity index (χ4n) is 3.63. The van der Waals surface area contributed by atoms with Crippen LogP contribution in [0.5, 0.6) is 0 Å². The Balaban J connectivity index is 1.70. The first-order valence-corrected chi connectivity index (χ1v) is 9.40. The summed E-state index contributed by atoms with van der Waals surface area (Å²) in [7, 11) is 0. The van der Waals surface area contributed by atoms with Crippen LogP contribution in [0.15, 0.2) is 30.6 Å². The average molecular weight is 383 g/mol. The van der Waals surface area contributed by atoms with Gasteiger partial charge in [-0.3, -0.25) is 9.20 Å². The van der Waals surface area contributed by atoms with E-state index >= 15 is 0 Å². The first-order chi connectivity index (χ1) is 14.0. The van der Waals surface area contributed by atoms with E-state index in [1.165, 1.54) is 11.1 Å². The molecule has 0 bridgehead atoms. The van der Waals surface area contributed by atoms with E-state index < -0.39 is 0 Å². The second-order valence-electron chi connectivity index (χ2n) is 7.26. The SMILES string of the molecule is CC#CC(=O)N1CC(c2nc(C#Cc3cc(C)cc(C)c3)c3c(N)nccn23)C1. The summed E-state index contributed by atoms with van der Waals surface area (Å²) in [5.74, 6) is 12.8. The summed E-state index contributed by atoms with van der Waals surface area (Å²) in [6, 6.07) is 6.21. The number of imidazole rings is 1. The first-order valence-electron chi connectivity index (χ1n) is 9.40. The molecule has 0 unspecified atom stereocenters. The summed E-state index contributed by atoms with van der Waals surface area (Å²) in [4.78, 5) is 22.6. The van der Waals surface area contributed by atoms with Gasteiger partial charge >= 0.3 is 0 Å². The molecule has 1 saturated heterocycles. The van der Waals surface area contributed by atoms with Gasteiger partial charge in [0.25, 0.3) is 5.91 Å². The molecule has 0 spiro atoms. The van der Waals surface area contributed by atoms with Gasteiger partial charge < -0.3 is 10.6 Å². The smallest absolute Gasteiger partial charge is 0.298 e. The topological polar surface area (TPSA) is 76.5 Å². The van der Waals surface area contributed by atoms with Crippen LogP contribution in [-0.4, -0.2) is 38.3 Å². The highest BCUT2D eigenvalue weighted by atomic mass is 16.2. The molecule has 144 valence electrons. The van der Waals surface area contributed by atoms with Crippen molar-refractivity contribution in [1.82, 2.24) is 19.3 Å². The highest BCUT2D eigenvalue weighted by Crippen LogP contribution is 2.29. The van der Waals surface area contributed by atoms with E-state index in [1.54, 1.807) is 18.0 Å². The third-order valence-corrected chi connectivity index (χ3v) is 4.92. The minimum absolute atomic E-state index is 0.115. The van der Waals surface area contributed by atoms with Gasteiger partial charge in [-0.25, -0.2) is 9.97 Å². The van der Waals surface area contributed by atoms with Gasteiger partial charge in [-0.2, -0.15) is 0 Å². The number of hydrogen-bond donors (Lipinski definition) is 1. The van der Waals surface area contributed by atoms with E-state index in [1.807, 2.05) is 22.7 Å². The fourth-order valence-corrected chi connectivity index (χ4v) is 3.63. The molecule has 1 amide bonds. The predicted octanol–water partition coefficient (Wildman–Crippen LogP) is 2.28. The van der Waals surface area contributed by atoms with Crippen molar-refractivity contribution < 1.29 is 4.79 Å². The number of nitrogens with zero attached hydrogens (tertiary/aromatic N) is 4. The van der Waals surface area contributed by atoms with Gasteiger partial charge in [0.2, 0.25) is 0 Å². The fraction of sp³-hybridized carbons (Fsp3) is 0.261. The molecule has 2 N–H and O–H groups in total. The lowest BCUT2D eigenvalue weighted by Gasteiger charge is -2.37. The monoisotopic (exact) mass is 383 g/mol. The van der Waals surface area contributed by atoms with Gasteiger partial charge in [0.15, 0.2) is 5.82 Å². The minimum atomic E-state index is -0.152. The van der Waals surface area contributed by atoms with Gasteiger partial charge in [0.1, 0.15) is 17.0 Å². The minimum Gasteiger partial charge on any atom is -0.382 e. The molecule has 3 aromatic rings. The van der Waals surface area contributed by atoms with Gasteiger partial charge in [0, 0.05) is 31.0 Å². The van der Waals surface area contributed by atoms with Gasteiger partial charge in [-0.15, -0.1) is 0 Å². The molecule has 1 aliphatic rings. The normalized spacial score (nSPS) is 13.3. The lowest BCUT2D eigenvalue weighted by molar-refractivity contribution is -0.129. The number of fused-ring (bicyclic) bond motifs is 1. The Morgan fingerprint density at radius 1 is 1.17 bits per heavy atom. The maximum Gasteiger partial charge on any atom is 0.298 e. The Hall–Kier alpha value is -3.77. The van der Waals surface area contributed by atoms with E-state index in [0.717, 1.165) is 11.4 Å². The van der Waals surface area contributed by atoms with Crippen LogP contribution in [0.3, 0.4) is 0 Å². The number of amides is 1. The molecule has 1 aromatic carbocycles. The van der Waals surface area contributed by atoms with Crippen molar-refractivity contribution >= 4 is 17.2 Å². The van der Waals surface area contributed by atoms with Crippen LogP contribution in [-0.2, 0) is 4.79 Å². The van der Waals surface area contributed by atoms with Crippen LogP contribution in [0.1, 0.15) is 41.1 Å². The molecular formula is C23H21N5O. The first kappa shape index (κ1) is 18.6. The molecule has 2 aromatic heterocycles. The highest BCUT2D eigenvalue weighted by Gasteiger charge is 2.34. The molecule has 0 atom stereocenters. The Morgan fingerprint density at radius 3 is 2.59 bits per heavy atom. The molecule has 0 radical (unpaired) electrons. The van der Waals surface area contributed by atoms with Crippen LogP contribution >= 0.6 is 0 Å². The predicted molar refractivity (Wildman–Crippen MR) is 112 cm³/mol. The number of nitrogens with two attached hydrogens (primary N) is 1. The number of likely N-dealkylation sites (tertiary alicyclic amines) is 1. The Bertz CT molecular complexity index is 1220. The van der Waals surface area contributed by atoms with Crippen molar-refractivity contribution in [3.05, 3.63) is 58.8 Å². The number of aromatic nitrogens is 3. The molecule has 1 fully saturated rings. The number of hydrogen-bond acceptors (Lipinski definition) is 4. The van der Waals surface area contributed by atoms with Gasteiger partial charge in [-0.05, 0) is 55.9 Å². The lowest BCUT2D eigenvalue weighted by Crippen LogP contribution is -2.48. The Morgan fingerprint density at radius 2 is 1.90 bits per heavy atom. The second-order valence-corrected chi connectivity index (χ2v) is 7.26. The van der Waals surface area contributed by atoms with E-state index in [2.05, 4.69) is 48.6 Å².